The second kappa shape index (κ2) is 11.9. The van der Waals surface area contributed by atoms with Gasteiger partial charge in [0.05, 0.1) is 18.3 Å². The summed E-state index contributed by atoms with van der Waals surface area (Å²) in [7, 11) is 0. The molecule has 0 heterocycles. The number of carboxylic acids is 1. The van der Waals surface area contributed by atoms with Crippen molar-refractivity contribution in [1.82, 2.24) is 0 Å². The number of hydrogen-bond acceptors (Lipinski definition) is 3. The second-order valence-electron chi connectivity index (χ2n) is 8.44. The first-order valence-corrected chi connectivity index (χ1v) is 11.7. The van der Waals surface area contributed by atoms with E-state index >= 15 is 0 Å². The monoisotopic (exact) mass is 504 g/mol. The SMILES string of the molecule is CCc1cc(OCC[C@H](C)Oc2cc(F)c(C(F)(F)F)cc2-c2ccccc2)ccc1CCC(=O)O. The third-order valence-corrected chi connectivity index (χ3v) is 5.75. The van der Waals surface area contributed by atoms with Crippen LogP contribution in [0, 0.1) is 5.82 Å². The zero-order valence-electron chi connectivity index (χ0n) is 20.1. The van der Waals surface area contributed by atoms with E-state index in [0.29, 0.717) is 24.2 Å². The van der Waals surface area contributed by atoms with Crippen molar-refractivity contribution in [3.05, 3.63) is 83.2 Å². The molecule has 36 heavy (non-hydrogen) atoms. The number of hydrogen-bond donors (Lipinski definition) is 1. The molecule has 3 aromatic rings. The van der Waals surface area contributed by atoms with E-state index in [1.807, 2.05) is 19.1 Å². The van der Waals surface area contributed by atoms with Gasteiger partial charge in [-0.05, 0) is 54.7 Å². The summed E-state index contributed by atoms with van der Waals surface area (Å²) in [5.41, 5.74) is 1.26. The number of aryl methyl sites for hydroxylation is 2. The first-order chi connectivity index (χ1) is 17.1. The van der Waals surface area contributed by atoms with Crippen molar-refractivity contribution in [3.63, 3.8) is 0 Å². The quantitative estimate of drug-likeness (QED) is 0.278. The third kappa shape index (κ3) is 7.23. The number of benzene rings is 3. The fourth-order valence-corrected chi connectivity index (χ4v) is 3.84. The summed E-state index contributed by atoms with van der Waals surface area (Å²) in [6.07, 6.45) is -3.67. The van der Waals surface area contributed by atoms with Gasteiger partial charge < -0.3 is 14.6 Å². The molecule has 1 N–H and O–H groups in total. The van der Waals surface area contributed by atoms with E-state index < -0.39 is 29.6 Å². The molecule has 8 heteroatoms. The van der Waals surface area contributed by atoms with Crippen molar-refractivity contribution in [2.75, 3.05) is 6.61 Å². The van der Waals surface area contributed by atoms with Gasteiger partial charge in [-0.25, -0.2) is 4.39 Å². The highest BCUT2D eigenvalue weighted by Gasteiger charge is 2.35. The fourth-order valence-electron chi connectivity index (χ4n) is 3.84. The molecule has 0 saturated heterocycles. The fraction of sp³-hybridized carbons (Fsp3) is 0.321. The van der Waals surface area contributed by atoms with Gasteiger partial charge in [0.1, 0.15) is 17.3 Å². The van der Waals surface area contributed by atoms with Crippen LogP contribution in [0.3, 0.4) is 0 Å². The molecule has 0 aliphatic heterocycles. The lowest BCUT2D eigenvalue weighted by atomic mass is 10.0. The summed E-state index contributed by atoms with van der Waals surface area (Å²) in [5.74, 6) is -1.59. The van der Waals surface area contributed by atoms with Crippen LogP contribution in [0.1, 0.15) is 43.4 Å². The van der Waals surface area contributed by atoms with E-state index in [9.17, 15) is 22.4 Å². The Morgan fingerprint density at radius 3 is 2.39 bits per heavy atom. The molecule has 0 aliphatic carbocycles. The molecule has 0 saturated carbocycles. The van der Waals surface area contributed by atoms with Crippen molar-refractivity contribution in [3.8, 4) is 22.6 Å². The topological polar surface area (TPSA) is 55.8 Å². The van der Waals surface area contributed by atoms with Crippen LogP contribution >= 0.6 is 0 Å². The first kappa shape index (κ1) is 27.0. The lowest BCUT2D eigenvalue weighted by molar-refractivity contribution is -0.140. The molecule has 3 rings (SSSR count). The molecule has 3 aromatic carbocycles. The first-order valence-electron chi connectivity index (χ1n) is 11.7. The minimum absolute atomic E-state index is 0.0234. The number of halogens is 4. The maximum absolute atomic E-state index is 14.3. The molecule has 0 spiro atoms. The minimum Gasteiger partial charge on any atom is -0.493 e. The van der Waals surface area contributed by atoms with Crippen LogP contribution in [0.4, 0.5) is 17.6 Å². The standard InChI is InChI=1S/C28H28F4O4/c1-3-19-15-22(11-9-20(19)10-12-27(33)34)35-14-13-18(2)36-26-17-25(29)24(28(30,31)32)16-23(26)21-7-5-4-6-8-21/h4-9,11,15-18H,3,10,12-14H2,1-2H3,(H,33,34)/t18-/m0/s1. The van der Waals surface area contributed by atoms with Crippen LogP contribution in [0.5, 0.6) is 11.5 Å². The smallest absolute Gasteiger partial charge is 0.419 e. The van der Waals surface area contributed by atoms with Gasteiger partial charge in [0.15, 0.2) is 0 Å². The summed E-state index contributed by atoms with van der Waals surface area (Å²) >= 11 is 0. The van der Waals surface area contributed by atoms with Crippen LogP contribution in [0.25, 0.3) is 11.1 Å². The van der Waals surface area contributed by atoms with E-state index in [0.717, 1.165) is 29.7 Å². The Morgan fingerprint density at radius 1 is 1.03 bits per heavy atom. The number of alkyl halides is 3. The van der Waals surface area contributed by atoms with Gasteiger partial charge in [0, 0.05) is 24.5 Å². The van der Waals surface area contributed by atoms with Crippen molar-refractivity contribution in [1.29, 1.82) is 0 Å². The number of carboxylic acid groups (broad SMARTS) is 1. The zero-order chi connectivity index (χ0) is 26.3. The van der Waals surface area contributed by atoms with Crippen molar-refractivity contribution in [2.24, 2.45) is 0 Å². The Labute approximate surface area is 207 Å². The van der Waals surface area contributed by atoms with E-state index in [2.05, 4.69) is 0 Å². The van der Waals surface area contributed by atoms with E-state index in [4.69, 9.17) is 14.6 Å². The molecular formula is C28H28F4O4. The van der Waals surface area contributed by atoms with Gasteiger partial charge in [-0.3, -0.25) is 4.79 Å². The van der Waals surface area contributed by atoms with Crippen LogP contribution in [-0.4, -0.2) is 23.8 Å². The summed E-state index contributed by atoms with van der Waals surface area (Å²) in [4.78, 5) is 10.8. The molecule has 0 unspecified atom stereocenters. The van der Waals surface area contributed by atoms with Crippen LogP contribution in [0.2, 0.25) is 0 Å². The zero-order valence-corrected chi connectivity index (χ0v) is 20.1. The van der Waals surface area contributed by atoms with Gasteiger partial charge >= 0.3 is 12.1 Å². The molecule has 4 nitrogen and oxygen atoms in total. The Hall–Kier alpha value is -3.55. The Morgan fingerprint density at radius 2 is 1.75 bits per heavy atom. The average Bonchev–Trinajstić information content (AvgIpc) is 2.82. The lowest BCUT2D eigenvalue weighted by Gasteiger charge is -2.20. The van der Waals surface area contributed by atoms with E-state index in [1.165, 1.54) is 0 Å². The van der Waals surface area contributed by atoms with Gasteiger partial charge in [0.2, 0.25) is 0 Å². The Balaban J connectivity index is 1.69. The second-order valence-corrected chi connectivity index (χ2v) is 8.44. The normalized spacial score (nSPS) is 12.3. The van der Waals surface area contributed by atoms with Crippen LogP contribution in [-0.2, 0) is 23.8 Å². The average molecular weight is 505 g/mol. The predicted octanol–water partition coefficient (Wildman–Crippen LogP) is 7.33. The van der Waals surface area contributed by atoms with Gasteiger partial charge in [0.25, 0.3) is 0 Å². The molecule has 1 atom stereocenters. The summed E-state index contributed by atoms with van der Waals surface area (Å²) in [6.45, 7) is 3.98. The largest absolute Gasteiger partial charge is 0.493 e. The van der Waals surface area contributed by atoms with Gasteiger partial charge in [-0.1, -0.05) is 43.3 Å². The summed E-state index contributed by atoms with van der Waals surface area (Å²) < 4.78 is 65.9. The molecule has 0 fully saturated rings. The van der Waals surface area contributed by atoms with Crippen molar-refractivity contribution in [2.45, 2.75) is 51.8 Å². The number of aliphatic carboxylic acids is 1. The van der Waals surface area contributed by atoms with Crippen molar-refractivity contribution >= 4 is 5.97 Å². The maximum Gasteiger partial charge on any atom is 0.419 e. The highest BCUT2D eigenvalue weighted by atomic mass is 19.4. The number of rotatable bonds is 11. The minimum atomic E-state index is -4.83. The molecule has 0 bridgehead atoms. The molecular weight excluding hydrogens is 476 g/mol. The highest BCUT2D eigenvalue weighted by Crippen LogP contribution is 2.39. The highest BCUT2D eigenvalue weighted by molar-refractivity contribution is 5.71. The van der Waals surface area contributed by atoms with E-state index in [1.54, 1.807) is 43.3 Å². The van der Waals surface area contributed by atoms with Crippen LogP contribution < -0.4 is 9.47 Å². The molecule has 0 aromatic heterocycles. The molecule has 192 valence electrons. The lowest BCUT2D eigenvalue weighted by Crippen LogP contribution is -2.17. The van der Waals surface area contributed by atoms with Gasteiger partial charge in [-0.2, -0.15) is 13.2 Å². The summed E-state index contributed by atoms with van der Waals surface area (Å²) in [5, 5.41) is 8.91. The number of carbonyl (C=O) groups is 1. The maximum atomic E-state index is 14.3. The van der Waals surface area contributed by atoms with E-state index in [-0.39, 0.29) is 24.3 Å². The Kier molecular flexibility index (Phi) is 8.96. The van der Waals surface area contributed by atoms with Crippen LogP contribution in [0.15, 0.2) is 60.7 Å². The number of ether oxygens (including phenoxy) is 2. The van der Waals surface area contributed by atoms with Crippen molar-refractivity contribution < 1.29 is 36.9 Å². The predicted molar refractivity (Wildman–Crippen MR) is 129 cm³/mol. The Bertz CT molecular complexity index is 1180. The molecule has 0 radical (unpaired) electrons. The molecule has 0 amide bonds. The molecule has 0 aliphatic rings. The summed E-state index contributed by atoms with van der Waals surface area (Å²) in [6, 6.07) is 15.5. The third-order valence-electron chi connectivity index (χ3n) is 5.75. The van der Waals surface area contributed by atoms with Gasteiger partial charge in [-0.15, -0.1) is 0 Å².